The Morgan fingerprint density at radius 3 is 2.08 bits per heavy atom. The minimum absolute atomic E-state index is 0.0812. The lowest BCUT2D eigenvalue weighted by Gasteiger charge is -2.38. The van der Waals surface area contributed by atoms with Gasteiger partial charge in [-0.2, -0.15) is 8.42 Å². The van der Waals surface area contributed by atoms with E-state index in [1.54, 1.807) is 19.2 Å². The third kappa shape index (κ3) is 12.9. The molecule has 8 heteroatoms. The van der Waals surface area contributed by atoms with Crippen molar-refractivity contribution in [3.05, 3.63) is 29.8 Å². The van der Waals surface area contributed by atoms with Gasteiger partial charge in [-0.1, -0.05) is 102 Å². The molecule has 0 unspecified atom stereocenters. The average Bonchev–Trinajstić information content (AvgIpc) is 2.91. The summed E-state index contributed by atoms with van der Waals surface area (Å²) < 4.78 is 47.3. The van der Waals surface area contributed by atoms with E-state index in [9.17, 15) is 13.5 Å². The minimum Gasteiger partial charge on any atom is -0.388 e. The van der Waals surface area contributed by atoms with Crippen molar-refractivity contribution in [1.82, 2.24) is 0 Å². The van der Waals surface area contributed by atoms with E-state index >= 15 is 0 Å². The lowest BCUT2D eigenvalue weighted by atomic mass is 9.94. The summed E-state index contributed by atoms with van der Waals surface area (Å²) in [6, 6.07) is 6.46. The molecule has 0 aromatic heterocycles. The molecule has 7 nitrogen and oxygen atoms in total. The van der Waals surface area contributed by atoms with Crippen LogP contribution in [-0.4, -0.2) is 58.4 Å². The second-order valence-electron chi connectivity index (χ2n) is 10.7. The van der Waals surface area contributed by atoms with Gasteiger partial charge in [0.15, 0.2) is 0 Å². The summed E-state index contributed by atoms with van der Waals surface area (Å²) in [5.41, 5.74) is 0.962. The van der Waals surface area contributed by atoms with Crippen LogP contribution in [-0.2, 0) is 28.5 Å². The number of aryl methyl sites for hydroxylation is 1. The van der Waals surface area contributed by atoms with Gasteiger partial charge in [0.05, 0.1) is 29.8 Å². The fourth-order valence-corrected chi connectivity index (χ4v) is 5.93. The van der Waals surface area contributed by atoms with Crippen LogP contribution in [0.5, 0.6) is 0 Å². The van der Waals surface area contributed by atoms with Gasteiger partial charge in [0.25, 0.3) is 10.1 Å². The van der Waals surface area contributed by atoms with Gasteiger partial charge in [0.1, 0.15) is 12.9 Å². The largest absolute Gasteiger partial charge is 0.388 e. The summed E-state index contributed by atoms with van der Waals surface area (Å²) in [6.45, 7) is 4.01. The van der Waals surface area contributed by atoms with E-state index in [1.165, 1.54) is 76.3 Å². The maximum absolute atomic E-state index is 12.5. The first-order valence-corrected chi connectivity index (χ1v) is 16.2. The highest BCUT2D eigenvalue weighted by molar-refractivity contribution is 7.86. The van der Waals surface area contributed by atoms with E-state index < -0.39 is 22.3 Å². The molecule has 1 saturated heterocycles. The van der Waals surface area contributed by atoms with Crippen molar-refractivity contribution >= 4 is 10.1 Å². The van der Waals surface area contributed by atoms with Crippen molar-refractivity contribution < 1.29 is 31.9 Å². The molecule has 1 N–H and O–H groups in total. The molecule has 38 heavy (non-hydrogen) atoms. The standard InChI is InChI=1S/C30H52O7S/c1-4-5-6-7-8-9-10-11-12-13-14-15-16-30-29(35-24-34-3)22-21-28(37-30)27(31)23-36-38(32,33)26-19-17-25(2)18-20-26/h17-20,27-31H,4-16,21-24H2,1-3H3/t27-,28-,29-,30-/m1/s1. The first kappa shape index (κ1) is 33.2. The fraction of sp³-hybridized carbons (Fsp3) is 0.800. The molecular weight excluding hydrogens is 504 g/mol. The molecule has 0 spiro atoms. The quantitative estimate of drug-likeness (QED) is 0.102. The Morgan fingerprint density at radius 2 is 1.50 bits per heavy atom. The molecule has 4 atom stereocenters. The zero-order valence-electron chi connectivity index (χ0n) is 23.9. The number of aliphatic hydroxyl groups excluding tert-OH is 1. The molecule has 1 aromatic carbocycles. The number of aliphatic hydroxyl groups is 1. The van der Waals surface area contributed by atoms with E-state index in [-0.39, 0.29) is 30.5 Å². The highest BCUT2D eigenvalue weighted by atomic mass is 32.2. The molecule has 0 aliphatic carbocycles. The maximum Gasteiger partial charge on any atom is 0.297 e. The molecule has 0 bridgehead atoms. The van der Waals surface area contributed by atoms with E-state index in [0.717, 1.165) is 31.2 Å². The Labute approximate surface area is 231 Å². The van der Waals surface area contributed by atoms with Gasteiger partial charge in [-0.3, -0.25) is 4.18 Å². The number of methoxy groups -OCH3 is 1. The first-order valence-electron chi connectivity index (χ1n) is 14.8. The molecule has 0 saturated carbocycles. The van der Waals surface area contributed by atoms with Gasteiger partial charge < -0.3 is 19.3 Å². The molecule has 1 aliphatic heterocycles. The molecule has 1 heterocycles. The van der Waals surface area contributed by atoms with E-state index in [1.807, 2.05) is 6.92 Å². The normalized spacial score (nSPS) is 21.0. The van der Waals surface area contributed by atoms with Crippen LogP contribution in [0.4, 0.5) is 0 Å². The molecular formula is C30H52O7S. The zero-order valence-corrected chi connectivity index (χ0v) is 24.8. The number of rotatable bonds is 21. The number of benzene rings is 1. The van der Waals surface area contributed by atoms with Gasteiger partial charge in [0, 0.05) is 7.11 Å². The van der Waals surface area contributed by atoms with E-state index in [2.05, 4.69) is 6.92 Å². The molecule has 1 aromatic rings. The molecule has 1 aliphatic rings. The minimum atomic E-state index is -3.94. The summed E-state index contributed by atoms with van der Waals surface area (Å²) in [5.74, 6) is 0. The lowest BCUT2D eigenvalue weighted by molar-refractivity contribution is -0.194. The number of unbranched alkanes of at least 4 members (excludes halogenated alkanes) is 11. The number of ether oxygens (including phenoxy) is 3. The third-order valence-corrected chi connectivity index (χ3v) is 8.67. The Balaban J connectivity index is 1.71. The lowest BCUT2D eigenvalue weighted by Crippen LogP contribution is -2.46. The van der Waals surface area contributed by atoms with Crippen molar-refractivity contribution in [1.29, 1.82) is 0 Å². The van der Waals surface area contributed by atoms with Crippen LogP contribution in [0.25, 0.3) is 0 Å². The van der Waals surface area contributed by atoms with Crippen molar-refractivity contribution in [2.24, 2.45) is 0 Å². The highest BCUT2D eigenvalue weighted by Crippen LogP contribution is 2.28. The third-order valence-electron chi connectivity index (χ3n) is 7.37. The summed E-state index contributed by atoms with van der Waals surface area (Å²) >= 11 is 0. The maximum atomic E-state index is 12.5. The second-order valence-corrected chi connectivity index (χ2v) is 12.3. The van der Waals surface area contributed by atoms with Crippen LogP contribution >= 0.6 is 0 Å². The second kappa shape index (κ2) is 19.1. The average molecular weight is 557 g/mol. The van der Waals surface area contributed by atoms with E-state index in [4.69, 9.17) is 18.4 Å². The van der Waals surface area contributed by atoms with Gasteiger partial charge >= 0.3 is 0 Å². The summed E-state index contributed by atoms with van der Waals surface area (Å²) in [7, 11) is -2.34. The predicted octanol–water partition coefficient (Wildman–Crippen LogP) is 6.69. The molecule has 0 radical (unpaired) electrons. The van der Waals surface area contributed by atoms with Gasteiger partial charge in [0.2, 0.25) is 0 Å². The fourth-order valence-electron chi connectivity index (χ4n) is 5.00. The van der Waals surface area contributed by atoms with E-state index in [0.29, 0.717) is 6.42 Å². The number of hydrogen-bond donors (Lipinski definition) is 1. The van der Waals surface area contributed by atoms with Crippen molar-refractivity contribution in [2.45, 2.75) is 139 Å². The highest BCUT2D eigenvalue weighted by Gasteiger charge is 2.35. The monoisotopic (exact) mass is 556 g/mol. The van der Waals surface area contributed by atoms with Crippen LogP contribution in [0, 0.1) is 6.92 Å². The predicted molar refractivity (Wildman–Crippen MR) is 151 cm³/mol. The van der Waals surface area contributed by atoms with Crippen LogP contribution in [0.1, 0.15) is 109 Å². The molecule has 1 fully saturated rings. The SMILES string of the molecule is CCCCCCCCCCCCCC[C@H]1O[C@@H]([C@H](O)COS(=O)(=O)c2ccc(C)cc2)CC[C@H]1OCOC. The van der Waals surface area contributed by atoms with Crippen molar-refractivity contribution in [3.63, 3.8) is 0 Å². The van der Waals surface area contributed by atoms with Crippen LogP contribution in [0.15, 0.2) is 29.2 Å². The molecule has 2 rings (SSSR count). The Morgan fingerprint density at radius 1 is 0.921 bits per heavy atom. The summed E-state index contributed by atoms with van der Waals surface area (Å²) in [6.07, 6.45) is 15.9. The number of hydrogen-bond acceptors (Lipinski definition) is 7. The molecule has 220 valence electrons. The van der Waals surface area contributed by atoms with Crippen molar-refractivity contribution in [2.75, 3.05) is 20.5 Å². The summed E-state index contributed by atoms with van der Waals surface area (Å²) in [4.78, 5) is 0.0812. The van der Waals surface area contributed by atoms with Crippen LogP contribution in [0.3, 0.4) is 0 Å². The van der Waals surface area contributed by atoms with Crippen LogP contribution < -0.4 is 0 Å². The van der Waals surface area contributed by atoms with Crippen molar-refractivity contribution in [3.8, 4) is 0 Å². The smallest absolute Gasteiger partial charge is 0.297 e. The zero-order chi connectivity index (χ0) is 27.6. The Bertz CT molecular complexity index is 828. The first-order chi connectivity index (χ1) is 18.4. The van der Waals surface area contributed by atoms with Crippen LogP contribution in [0.2, 0.25) is 0 Å². The van der Waals surface area contributed by atoms with Gasteiger partial charge in [-0.05, 0) is 38.3 Å². The summed E-state index contributed by atoms with van der Waals surface area (Å²) in [5, 5.41) is 10.7. The Hall–Kier alpha value is -1.03. The molecule has 0 amide bonds. The Kier molecular flexibility index (Phi) is 16.7. The topological polar surface area (TPSA) is 91.3 Å². The van der Waals surface area contributed by atoms with Gasteiger partial charge in [-0.15, -0.1) is 0 Å². The van der Waals surface area contributed by atoms with Gasteiger partial charge in [-0.25, -0.2) is 0 Å².